The molecule has 0 radical (unpaired) electrons. The van der Waals surface area contributed by atoms with Gasteiger partial charge in [0.2, 0.25) is 0 Å². The van der Waals surface area contributed by atoms with E-state index in [0.29, 0.717) is 12.5 Å². The smallest absolute Gasteiger partial charge is 0.0586 e. The van der Waals surface area contributed by atoms with Crippen molar-refractivity contribution in [1.29, 1.82) is 0 Å². The van der Waals surface area contributed by atoms with Crippen LogP contribution >= 0.6 is 0 Å². The van der Waals surface area contributed by atoms with Crippen LogP contribution in [-0.2, 0) is 6.54 Å². The van der Waals surface area contributed by atoms with Crippen LogP contribution in [0.3, 0.4) is 0 Å². The predicted octanol–water partition coefficient (Wildman–Crippen LogP) is 2.16. The van der Waals surface area contributed by atoms with Gasteiger partial charge in [-0.15, -0.1) is 0 Å². The van der Waals surface area contributed by atoms with E-state index in [0.717, 1.165) is 25.1 Å². The van der Waals surface area contributed by atoms with E-state index in [1.807, 2.05) is 12.1 Å². The van der Waals surface area contributed by atoms with Gasteiger partial charge >= 0.3 is 0 Å². The minimum absolute atomic E-state index is 0.114. The lowest BCUT2D eigenvalue weighted by Gasteiger charge is -2.28. The number of likely N-dealkylation sites (tertiary alicyclic amines) is 1. The average molecular weight is 287 g/mol. The van der Waals surface area contributed by atoms with Crippen molar-refractivity contribution in [3.05, 3.63) is 35.4 Å². The van der Waals surface area contributed by atoms with E-state index in [-0.39, 0.29) is 13.2 Å². The van der Waals surface area contributed by atoms with Crippen LogP contribution < -0.4 is 0 Å². The predicted molar refractivity (Wildman–Crippen MR) is 84.8 cm³/mol. The van der Waals surface area contributed by atoms with Gasteiger partial charge < -0.3 is 10.2 Å². The number of benzene rings is 1. The molecule has 3 heteroatoms. The van der Waals surface area contributed by atoms with Crippen LogP contribution in [0.1, 0.15) is 43.2 Å². The zero-order valence-corrected chi connectivity index (χ0v) is 12.6. The Morgan fingerprint density at radius 1 is 1.10 bits per heavy atom. The number of rotatable bonds is 4. The third-order valence-corrected chi connectivity index (χ3v) is 4.02. The van der Waals surface area contributed by atoms with Gasteiger partial charge in [0.1, 0.15) is 0 Å². The molecule has 0 aromatic heterocycles. The lowest BCUT2D eigenvalue weighted by Crippen LogP contribution is -2.36. The van der Waals surface area contributed by atoms with E-state index in [2.05, 4.69) is 28.9 Å². The Kier molecular flexibility index (Phi) is 6.75. The van der Waals surface area contributed by atoms with E-state index in [1.165, 1.54) is 24.8 Å². The maximum absolute atomic E-state index is 9.55. The van der Waals surface area contributed by atoms with Crippen LogP contribution in [0.4, 0.5) is 0 Å². The molecule has 0 saturated carbocycles. The lowest BCUT2D eigenvalue weighted by atomic mass is 10.1. The molecule has 1 unspecified atom stereocenters. The topological polar surface area (TPSA) is 43.7 Å². The summed E-state index contributed by atoms with van der Waals surface area (Å²) in [5.41, 5.74) is 2.25. The molecule has 1 heterocycles. The minimum atomic E-state index is 0.114. The monoisotopic (exact) mass is 287 g/mol. The van der Waals surface area contributed by atoms with Crippen molar-refractivity contribution < 1.29 is 10.2 Å². The highest BCUT2D eigenvalue weighted by atomic mass is 16.3. The molecule has 0 amide bonds. The summed E-state index contributed by atoms with van der Waals surface area (Å²) >= 11 is 0. The molecule has 0 spiro atoms. The number of hydrogen-bond donors (Lipinski definition) is 2. The van der Waals surface area contributed by atoms with E-state index >= 15 is 0 Å². The third kappa shape index (κ3) is 5.17. The lowest BCUT2D eigenvalue weighted by molar-refractivity contribution is 0.118. The maximum atomic E-state index is 9.55. The SMILES string of the molecule is OCCC#Cc1ccc(CN2CCCCCC2CO)cc1. The zero-order valence-electron chi connectivity index (χ0n) is 12.6. The van der Waals surface area contributed by atoms with E-state index in [4.69, 9.17) is 5.11 Å². The van der Waals surface area contributed by atoms with Crippen molar-refractivity contribution in [2.75, 3.05) is 19.8 Å². The molecule has 1 fully saturated rings. The van der Waals surface area contributed by atoms with Gasteiger partial charge in [0, 0.05) is 24.6 Å². The van der Waals surface area contributed by atoms with Crippen LogP contribution in [0.2, 0.25) is 0 Å². The molecule has 1 atom stereocenters. The number of aliphatic hydroxyl groups is 2. The molecule has 1 aromatic carbocycles. The largest absolute Gasteiger partial charge is 0.395 e. The molecule has 1 aliphatic rings. The Labute approximate surface area is 127 Å². The number of nitrogens with zero attached hydrogens (tertiary/aromatic N) is 1. The molecule has 1 saturated heterocycles. The summed E-state index contributed by atoms with van der Waals surface area (Å²) < 4.78 is 0. The minimum Gasteiger partial charge on any atom is -0.395 e. The summed E-state index contributed by atoms with van der Waals surface area (Å²) in [5.74, 6) is 5.98. The van der Waals surface area contributed by atoms with Gasteiger partial charge in [0.25, 0.3) is 0 Å². The first-order valence-electron chi connectivity index (χ1n) is 7.87. The van der Waals surface area contributed by atoms with Gasteiger partial charge in [-0.25, -0.2) is 0 Å². The van der Waals surface area contributed by atoms with Gasteiger partial charge in [-0.2, -0.15) is 0 Å². The standard InChI is InChI=1S/C18H25NO2/c20-13-5-3-6-16-8-10-17(11-9-16)14-19-12-4-1-2-7-18(19)15-21/h8-11,18,20-21H,1-2,4-5,7,12-15H2. The summed E-state index contributed by atoms with van der Waals surface area (Å²) in [6.07, 6.45) is 5.34. The Morgan fingerprint density at radius 2 is 1.90 bits per heavy atom. The van der Waals surface area contributed by atoms with Gasteiger partial charge in [0.05, 0.1) is 13.2 Å². The first-order chi connectivity index (χ1) is 10.3. The van der Waals surface area contributed by atoms with Crippen LogP contribution in [0.25, 0.3) is 0 Å². The summed E-state index contributed by atoms with van der Waals surface area (Å²) in [7, 11) is 0. The fourth-order valence-corrected chi connectivity index (χ4v) is 2.80. The summed E-state index contributed by atoms with van der Waals surface area (Å²) in [4.78, 5) is 2.40. The van der Waals surface area contributed by atoms with Crippen molar-refractivity contribution in [2.24, 2.45) is 0 Å². The fraction of sp³-hybridized carbons (Fsp3) is 0.556. The molecule has 3 nitrogen and oxygen atoms in total. The number of aliphatic hydroxyl groups excluding tert-OH is 2. The van der Waals surface area contributed by atoms with Crippen LogP contribution in [0.15, 0.2) is 24.3 Å². The van der Waals surface area contributed by atoms with Gasteiger partial charge in [-0.3, -0.25) is 4.90 Å². The molecule has 2 rings (SSSR count). The summed E-state index contributed by atoms with van der Waals surface area (Å²) in [6.45, 7) is 2.34. The maximum Gasteiger partial charge on any atom is 0.0586 e. The van der Waals surface area contributed by atoms with E-state index in [1.54, 1.807) is 0 Å². The molecular formula is C18H25NO2. The van der Waals surface area contributed by atoms with Crippen molar-refractivity contribution in [3.63, 3.8) is 0 Å². The molecule has 0 bridgehead atoms. The van der Waals surface area contributed by atoms with Gasteiger partial charge in [-0.05, 0) is 37.1 Å². The van der Waals surface area contributed by atoms with Crippen molar-refractivity contribution >= 4 is 0 Å². The second-order valence-electron chi connectivity index (χ2n) is 5.63. The molecule has 1 aliphatic heterocycles. The Balaban J connectivity index is 1.97. The van der Waals surface area contributed by atoms with Crippen LogP contribution in [0, 0.1) is 11.8 Å². The molecule has 0 aliphatic carbocycles. The van der Waals surface area contributed by atoms with Gasteiger partial charge in [0.15, 0.2) is 0 Å². The highest BCUT2D eigenvalue weighted by Gasteiger charge is 2.19. The van der Waals surface area contributed by atoms with Crippen molar-refractivity contribution in [1.82, 2.24) is 4.90 Å². The van der Waals surface area contributed by atoms with E-state index in [9.17, 15) is 5.11 Å². The first-order valence-corrected chi connectivity index (χ1v) is 7.87. The van der Waals surface area contributed by atoms with Crippen molar-refractivity contribution in [2.45, 2.75) is 44.7 Å². The second kappa shape index (κ2) is 8.84. The second-order valence-corrected chi connectivity index (χ2v) is 5.63. The Morgan fingerprint density at radius 3 is 2.62 bits per heavy atom. The molecule has 1 aromatic rings. The zero-order chi connectivity index (χ0) is 14.9. The Bertz CT molecular complexity index is 472. The van der Waals surface area contributed by atoms with Crippen LogP contribution in [0.5, 0.6) is 0 Å². The highest BCUT2D eigenvalue weighted by molar-refractivity contribution is 5.36. The summed E-state index contributed by atoms with van der Waals surface area (Å²) in [5, 5.41) is 18.3. The quantitative estimate of drug-likeness (QED) is 0.834. The molecule has 2 N–H and O–H groups in total. The number of hydrogen-bond acceptors (Lipinski definition) is 3. The third-order valence-electron chi connectivity index (χ3n) is 4.02. The molecular weight excluding hydrogens is 262 g/mol. The first kappa shape index (κ1) is 16.0. The molecule has 114 valence electrons. The Hall–Kier alpha value is -1.34. The fourth-order valence-electron chi connectivity index (χ4n) is 2.80. The highest BCUT2D eigenvalue weighted by Crippen LogP contribution is 2.19. The van der Waals surface area contributed by atoms with Crippen LogP contribution in [-0.4, -0.2) is 40.9 Å². The molecule has 21 heavy (non-hydrogen) atoms. The van der Waals surface area contributed by atoms with Crippen molar-refractivity contribution in [3.8, 4) is 11.8 Å². The van der Waals surface area contributed by atoms with Gasteiger partial charge in [-0.1, -0.05) is 36.8 Å². The summed E-state index contributed by atoms with van der Waals surface area (Å²) in [6, 6.07) is 8.60. The normalized spacial score (nSPS) is 19.6. The van der Waals surface area contributed by atoms with E-state index < -0.39 is 0 Å². The average Bonchev–Trinajstić information content (AvgIpc) is 2.74.